The molecular weight excluding hydrogens is 288 g/mol. The summed E-state index contributed by atoms with van der Waals surface area (Å²) in [7, 11) is 0. The largest absolute Gasteiger partial charge is 0.366 e. The summed E-state index contributed by atoms with van der Waals surface area (Å²) in [6, 6.07) is 7.89. The van der Waals surface area contributed by atoms with Gasteiger partial charge in [0.2, 0.25) is 0 Å². The number of nitrogens with zero attached hydrogens (tertiary/aromatic N) is 2. The highest BCUT2D eigenvalue weighted by Crippen LogP contribution is 2.16. The van der Waals surface area contributed by atoms with Crippen LogP contribution in [-0.2, 0) is 16.1 Å². The minimum absolute atomic E-state index is 0.160. The second-order valence-electron chi connectivity index (χ2n) is 5.75. The van der Waals surface area contributed by atoms with Crippen LogP contribution in [-0.4, -0.2) is 54.6 Å². The zero-order valence-electron chi connectivity index (χ0n) is 12.1. The van der Waals surface area contributed by atoms with Crippen LogP contribution < -0.4 is 0 Å². The van der Waals surface area contributed by atoms with Crippen molar-refractivity contribution in [2.45, 2.75) is 25.5 Å². The number of amides is 1. The predicted molar refractivity (Wildman–Crippen MR) is 82.3 cm³/mol. The molecule has 0 saturated carbocycles. The molecule has 0 radical (unpaired) electrons. The third-order valence-corrected chi connectivity index (χ3v) is 4.42. The summed E-state index contributed by atoms with van der Waals surface area (Å²) >= 11 is 5.91. The third kappa shape index (κ3) is 3.76. The van der Waals surface area contributed by atoms with Crippen LogP contribution in [0.1, 0.15) is 18.4 Å². The Morgan fingerprint density at radius 3 is 2.62 bits per heavy atom. The van der Waals surface area contributed by atoms with Crippen molar-refractivity contribution in [3.63, 3.8) is 0 Å². The van der Waals surface area contributed by atoms with E-state index in [4.69, 9.17) is 16.3 Å². The second kappa shape index (κ2) is 6.77. The molecule has 1 atom stereocenters. The van der Waals surface area contributed by atoms with Crippen molar-refractivity contribution in [2.24, 2.45) is 0 Å². The number of carbonyl (C=O) groups excluding carboxylic acids is 1. The average Bonchev–Trinajstić information content (AvgIpc) is 3.03. The predicted octanol–water partition coefficient (Wildman–Crippen LogP) is 2.16. The van der Waals surface area contributed by atoms with Crippen molar-refractivity contribution in [3.05, 3.63) is 34.9 Å². The Kier molecular flexibility index (Phi) is 4.78. The standard InChI is InChI=1S/C16H21ClN2O2/c17-14-5-3-13(4-6-14)11-18-9-10-21-15(12-18)16(20)19-7-1-2-8-19/h3-6,15H,1-2,7-12H2. The lowest BCUT2D eigenvalue weighted by Gasteiger charge is -2.34. The molecule has 5 heteroatoms. The van der Waals surface area contributed by atoms with Crippen molar-refractivity contribution in [2.75, 3.05) is 32.8 Å². The van der Waals surface area contributed by atoms with Gasteiger partial charge in [-0.05, 0) is 30.5 Å². The van der Waals surface area contributed by atoms with E-state index < -0.39 is 0 Å². The van der Waals surface area contributed by atoms with Gasteiger partial charge in [-0.15, -0.1) is 0 Å². The van der Waals surface area contributed by atoms with Gasteiger partial charge in [0.05, 0.1) is 6.61 Å². The van der Waals surface area contributed by atoms with E-state index in [-0.39, 0.29) is 12.0 Å². The Balaban J connectivity index is 1.57. The molecule has 2 aliphatic rings. The van der Waals surface area contributed by atoms with Crippen molar-refractivity contribution in [1.29, 1.82) is 0 Å². The Hall–Kier alpha value is -1.10. The summed E-state index contributed by atoms with van der Waals surface area (Å²) in [6.07, 6.45) is 1.93. The summed E-state index contributed by atoms with van der Waals surface area (Å²) in [5.74, 6) is 0.160. The molecule has 1 amide bonds. The molecule has 0 aromatic heterocycles. The Morgan fingerprint density at radius 2 is 1.90 bits per heavy atom. The van der Waals surface area contributed by atoms with E-state index in [9.17, 15) is 4.79 Å². The molecule has 0 N–H and O–H groups in total. The van der Waals surface area contributed by atoms with Gasteiger partial charge in [0.15, 0.2) is 0 Å². The summed E-state index contributed by atoms with van der Waals surface area (Å²) in [5, 5.41) is 0.753. The first-order chi connectivity index (χ1) is 10.2. The number of rotatable bonds is 3. The van der Waals surface area contributed by atoms with Gasteiger partial charge >= 0.3 is 0 Å². The van der Waals surface area contributed by atoms with Crippen molar-refractivity contribution in [1.82, 2.24) is 9.80 Å². The van der Waals surface area contributed by atoms with Crippen LogP contribution in [0.4, 0.5) is 0 Å². The molecule has 2 saturated heterocycles. The Morgan fingerprint density at radius 1 is 1.19 bits per heavy atom. The number of carbonyl (C=O) groups is 1. The monoisotopic (exact) mass is 308 g/mol. The number of benzene rings is 1. The van der Waals surface area contributed by atoms with E-state index in [1.165, 1.54) is 5.56 Å². The first kappa shape index (κ1) is 14.8. The van der Waals surface area contributed by atoms with Crippen LogP contribution in [0, 0.1) is 0 Å². The van der Waals surface area contributed by atoms with Gasteiger partial charge in [-0.25, -0.2) is 0 Å². The van der Waals surface area contributed by atoms with Gasteiger partial charge < -0.3 is 9.64 Å². The van der Waals surface area contributed by atoms with Crippen molar-refractivity contribution in [3.8, 4) is 0 Å². The zero-order valence-corrected chi connectivity index (χ0v) is 12.9. The molecule has 21 heavy (non-hydrogen) atoms. The lowest BCUT2D eigenvalue weighted by Crippen LogP contribution is -2.50. The molecule has 4 nitrogen and oxygen atoms in total. The van der Waals surface area contributed by atoms with E-state index in [0.29, 0.717) is 13.2 Å². The highest BCUT2D eigenvalue weighted by molar-refractivity contribution is 6.30. The summed E-state index contributed by atoms with van der Waals surface area (Å²) in [6.45, 7) is 4.78. The van der Waals surface area contributed by atoms with E-state index in [2.05, 4.69) is 4.90 Å². The lowest BCUT2D eigenvalue weighted by molar-refractivity contribution is -0.148. The molecule has 2 heterocycles. The average molecular weight is 309 g/mol. The normalized spacial score (nSPS) is 23.5. The topological polar surface area (TPSA) is 32.8 Å². The van der Waals surface area contributed by atoms with Crippen LogP contribution in [0.5, 0.6) is 0 Å². The second-order valence-corrected chi connectivity index (χ2v) is 6.19. The molecule has 114 valence electrons. The lowest BCUT2D eigenvalue weighted by atomic mass is 10.2. The molecule has 2 fully saturated rings. The molecule has 3 rings (SSSR count). The summed E-state index contributed by atoms with van der Waals surface area (Å²) in [4.78, 5) is 16.6. The Labute approximate surface area is 130 Å². The minimum atomic E-state index is -0.302. The quantitative estimate of drug-likeness (QED) is 0.858. The summed E-state index contributed by atoms with van der Waals surface area (Å²) < 4.78 is 5.69. The maximum Gasteiger partial charge on any atom is 0.253 e. The van der Waals surface area contributed by atoms with Crippen LogP contribution >= 0.6 is 11.6 Å². The highest BCUT2D eigenvalue weighted by Gasteiger charge is 2.31. The first-order valence-corrected chi connectivity index (χ1v) is 7.97. The number of ether oxygens (including phenoxy) is 1. The highest BCUT2D eigenvalue weighted by atomic mass is 35.5. The van der Waals surface area contributed by atoms with E-state index in [1.54, 1.807) is 0 Å². The van der Waals surface area contributed by atoms with E-state index in [1.807, 2.05) is 29.2 Å². The fourth-order valence-corrected chi connectivity index (χ4v) is 3.11. The summed E-state index contributed by atoms with van der Waals surface area (Å²) in [5.41, 5.74) is 1.22. The minimum Gasteiger partial charge on any atom is -0.366 e. The maximum atomic E-state index is 12.4. The van der Waals surface area contributed by atoms with Crippen molar-refractivity contribution >= 4 is 17.5 Å². The van der Waals surface area contributed by atoms with Gasteiger partial charge in [-0.3, -0.25) is 9.69 Å². The smallest absolute Gasteiger partial charge is 0.253 e. The van der Waals surface area contributed by atoms with Crippen molar-refractivity contribution < 1.29 is 9.53 Å². The van der Waals surface area contributed by atoms with Gasteiger partial charge in [-0.1, -0.05) is 23.7 Å². The van der Waals surface area contributed by atoms with Gasteiger partial charge in [0, 0.05) is 37.7 Å². The van der Waals surface area contributed by atoms with Crippen LogP contribution in [0.25, 0.3) is 0 Å². The molecule has 2 aliphatic heterocycles. The van der Waals surface area contributed by atoms with Gasteiger partial charge in [-0.2, -0.15) is 0 Å². The molecule has 0 bridgehead atoms. The molecular formula is C16H21ClN2O2. The SMILES string of the molecule is O=C(C1CN(Cc2ccc(Cl)cc2)CCO1)N1CCCC1. The number of hydrogen-bond donors (Lipinski definition) is 0. The van der Waals surface area contributed by atoms with Gasteiger partial charge in [0.25, 0.3) is 5.91 Å². The van der Waals surface area contributed by atoms with Crippen LogP contribution in [0.3, 0.4) is 0 Å². The molecule has 1 unspecified atom stereocenters. The van der Waals surface area contributed by atoms with E-state index in [0.717, 1.165) is 44.0 Å². The Bertz CT molecular complexity index is 486. The zero-order chi connectivity index (χ0) is 14.7. The molecule has 0 aliphatic carbocycles. The fraction of sp³-hybridized carbons (Fsp3) is 0.562. The molecule has 1 aromatic rings. The number of likely N-dealkylation sites (tertiary alicyclic amines) is 1. The number of hydrogen-bond acceptors (Lipinski definition) is 3. The van der Waals surface area contributed by atoms with Crippen LogP contribution in [0.15, 0.2) is 24.3 Å². The fourth-order valence-electron chi connectivity index (χ4n) is 2.98. The molecule has 1 aromatic carbocycles. The van der Waals surface area contributed by atoms with E-state index >= 15 is 0 Å². The van der Waals surface area contributed by atoms with Gasteiger partial charge in [0.1, 0.15) is 6.10 Å². The maximum absolute atomic E-state index is 12.4. The third-order valence-electron chi connectivity index (χ3n) is 4.16. The van der Waals surface area contributed by atoms with Crippen LogP contribution in [0.2, 0.25) is 5.02 Å². The first-order valence-electron chi connectivity index (χ1n) is 7.59. The molecule has 0 spiro atoms. The number of halogens is 1. The number of morpholine rings is 1.